The molecule has 0 atom stereocenters. The molecule has 1 aromatic heterocycles. The molecule has 0 fully saturated rings. The minimum Gasteiger partial charge on any atom is -0.394 e. The SMILES string of the molecule is CCN(CC)S(=O)(=O)c1c(C)nn(CCO)c1C. The summed E-state index contributed by atoms with van der Waals surface area (Å²) in [6, 6.07) is 0. The van der Waals surface area contributed by atoms with Crippen LogP contribution in [0.25, 0.3) is 0 Å². The zero-order chi connectivity index (χ0) is 13.9. The highest BCUT2D eigenvalue weighted by atomic mass is 32.2. The summed E-state index contributed by atoms with van der Waals surface area (Å²) in [7, 11) is -3.49. The molecule has 7 heteroatoms. The van der Waals surface area contributed by atoms with Crippen molar-refractivity contribution < 1.29 is 13.5 Å². The molecule has 1 N–H and O–H groups in total. The van der Waals surface area contributed by atoms with Gasteiger partial charge in [-0.3, -0.25) is 4.68 Å². The van der Waals surface area contributed by atoms with Crippen LogP contribution in [0.2, 0.25) is 0 Å². The first-order valence-electron chi connectivity index (χ1n) is 6.05. The molecule has 0 radical (unpaired) electrons. The van der Waals surface area contributed by atoms with Crippen molar-refractivity contribution in [3.8, 4) is 0 Å². The molecule has 0 saturated heterocycles. The van der Waals surface area contributed by atoms with Crippen LogP contribution in [0.3, 0.4) is 0 Å². The highest BCUT2D eigenvalue weighted by Gasteiger charge is 2.28. The summed E-state index contributed by atoms with van der Waals surface area (Å²) in [5.41, 5.74) is 1.06. The lowest BCUT2D eigenvalue weighted by atomic mass is 10.4. The molecule has 0 spiro atoms. The van der Waals surface area contributed by atoms with E-state index < -0.39 is 10.0 Å². The number of aryl methyl sites for hydroxylation is 1. The Hall–Kier alpha value is -0.920. The topological polar surface area (TPSA) is 75.4 Å². The molecule has 0 unspecified atom stereocenters. The van der Waals surface area contributed by atoms with E-state index in [0.717, 1.165) is 0 Å². The number of hydrogen-bond donors (Lipinski definition) is 1. The molecule has 0 aliphatic carbocycles. The van der Waals surface area contributed by atoms with Crippen LogP contribution in [0.1, 0.15) is 25.2 Å². The highest BCUT2D eigenvalue weighted by molar-refractivity contribution is 7.89. The van der Waals surface area contributed by atoms with Crippen LogP contribution in [0.5, 0.6) is 0 Å². The summed E-state index contributed by atoms with van der Waals surface area (Å²) in [6.07, 6.45) is 0. The largest absolute Gasteiger partial charge is 0.394 e. The minimum absolute atomic E-state index is 0.0628. The Morgan fingerprint density at radius 1 is 1.28 bits per heavy atom. The van der Waals surface area contributed by atoms with Crippen molar-refractivity contribution in [1.29, 1.82) is 0 Å². The van der Waals surface area contributed by atoms with Crippen molar-refractivity contribution in [2.75, 3.05) is 19.7 Å². The van der Waals surface area contributed by atoms with Gasteiger partial charge in [0.25, 0.3) is 0 Å². The molecule has 0 aromatic carbocycles. The van der Waals surface area contributed by atoms with Gasteiger partial charge in [-0.2, -0.15) is 9.40 Å². The zero-order valence-electron chi connectivity index (χ0n) is 11.3. The van der Waals surface area contributed by atoms with Gasteiger partial charge in [0.15, 0.2) is 0 Å². The normalized spacial score (nSPS) is 12.3. The van der Waals surface area contributed by atoms with E-state index in [9.17, 15) is 8.42 Å². The number of aliphatic hydroxyl groups excluding tert-OH is 1. The van der Waals surface area contributed by atoms with E-state index in [1.807, 2.05) is 13.8 Å². The second kappa shape index (κ2) is 5.81. The summed E-state index contributed by atoms with van der Waals surface area (Å²) < 4.78 is 27.9. The molecule has 0 amide bonds. The van der Waals surface area contributed by atoms with Gasteiger partial charge >= 0.3 is 0 Å². The van der Waals surface area contributed by atoms with Crippen molar-refractivity contribution in [3.05, 3.63) is 11.4 Å². The molecule has 0 saturated carbocycles. The average Bonchev–Trinajstić information content (AvgIpc) is 2.56. The number of nitrogens with zero attached hydrogens (tertiary/aromatic N) is 3. The summed E-state index contributed by atoms with van der Waals surface area (Å²) in [4.78, 5) is 0.264. The monoisotopic (exact) mass is 275 g/mol. The van der Waals surface area contributed by atoms with Crippen LogP contribution in [-0.2, 0) is 16.6 Å². The molecular formula is C11H21N3O3S. The summed E-state index contributed by atoms with van der Waals surface area (Å²) in [5, 5.41) is 13.1. The highest BCUT2D eigenvalue weighted by Crippen LogP contribution is 2.23. The minimum atomic E-state index is -3.49. The van der Waals surface area contributed by atoms with Gasteiger partial charge in [-0.25, -0.2) is 8.42 Å². The average molecular weight is 275 g/mol. The molecule has 1 rings (SSSR count). The van der Waals surface area contributed by atoms with Crippen LogP contribution in [0, 0.1) is 13.8 Å². The number of rotatable bonds is 6. The first kappa shape index (κ1) is 15.1. The van der Waals surface area contributed by atoms with Gasteiger partial charge < -0.3 is 5.11 Å². The number of sulfonamides is 1. The third kappa shape index (κ3) is 2.57. The van der Waals surface area contributed by atoms with Gasteiger partial charge in [-0.15, -0.1) is 0 Å². The lowest BCUT2D eigenvalue weighted by Crippen LogP contribution is -2.31. The second-order valence-corrected chi connectivity index (χ2v) is 5.91. The molecule has 104 valence electrons. The smallest absolute Gasteiger partial charge is 0.246 e. The van der Waals surface area contributed by atoms with Gasteiger partial charge in [0.1, 0.15) is 4.90 Å². The summed E-state index contributed by atoms with van der Waals surface area (Å²) in [6.45, 7) is 8.12. The Bertz CT molecular complexity index is 504. The van der Waals surface area contributed by atoms with Gasteiger partial charge in [0, 0.05) is 13.1 Å². The predicted octanol–water partition coefficient (Wildman–Crippen LogP) is 0.523. The van der Waals surface area contributed by atoms with E-state index in [-0.39, 0.29) is 11.5 Å². The number of aliphatic hydroxyl groups is 1. The van der Waals surface area contributed by atoms with Crippen molar-refractivity contribution >= 4 is 10.0 Å². The van der Waals surface area contributed by atoms with Crippen molar-refractivity contribution in [2.24, 2.45) is 0 Å². The molecule has 1 heterocycles. The van der Waals surface area contributed by atoms with Crippen LogP contribution < -0.4 is 0 Å². The Balaban J connectivity index is 3.33. The first-order chi connectivity index (χ1) is 8.39. The van der Waals surface area contributed by atoms with Crippen molar-refractivity contribution in [2.45, 2.75) is 39.1 Å². The fourth-order valence-corrected chi connectivity index (χ4v) is 3.89. The first-order valence-corrected chi connectivity index (χ1v) is 7.49. The Morgan fingerprint density at radius 3 is 2.28 bits per heavy atom. The van der Waals surface area contributed by atoms with Gasteiger partial charge in [-0.05, 0) is 13.8 Å². The molecule has 0 aliphatic rings. The summed E-state index contributed by atoms with van der Waals surface area (Å²) in [5.74, 6) is 0. The standard InChI is InChI=1S/C11H21N3O3S/c1-5-13(6-2)18(16,17)11-9(3)12-14(7-8-15)10(11)4/h15H,5-8H2,1-4H3. The van der Waals surface area contributed by atoms with Gasteiger partial charge in [0.05, 0.1) is 24.5 Å². The molecule has 0 aliphatic heterocycles. The lowest BCUT2D eigenvalue weighted by Gasteiger charge is -2.18. The Kier molecular flexibility index (Phi) is 4.89. The third-order valence-corrected chi connectivity index (χ3v) is 5.23. The second-order valence-electron chi connectivity index (χ2n) is 4.04. The van der Waals surface area contributed by atoms with E-state index in [2.05, 4.69) is 5.10 Å². The maximum Gasteiger partial charge on any atom is 0.246 e. The van der Waals surface area contributed by atoms with Crippen molar-refractivity contribution in [1.82, 2.24) is 14.1 Å². The van der Waals surface area contributed by atoms with E-state index >= 15 is 0 Å². The quantitative estimate of drug-likeness (QED) is 0.821. The maximum atomic E-state index is 12.5. The fourth-order valence-electron chi connectivity index (χ4n) is 2.06. The van der Waals surface area contributed by atoms with Crippen LogP contribution >= 0.6 is 0 Å². The third-order valence-electron chi connectivity index (χ3n) is 2.93. The zero-order valence-corrected chi connectivity index (χ0v) is 12.2. The van der Waals surface area contributed by atoms with Crippen LogP contribution in [-0.4, -0.2) is 47.3 Å². The van der Waals surface area contributed by atoms with Gasteiger partial charge in [0.2, 0.25) is 10.0 Å². The molecule has 1 aromatic rings. The van der Waals surface area contributed by atoms with Crippen molar-refractivity contribution in [3.63, 3.8) is 0 Å². The van der Waals surface area contributed by atoms with Crippen LogP contribution in [0.15, 0.2) is 4.90 Å². The van der Waals surface area contributed by atoms with E-state index in [0.29, 0.717) is 31.0 Å². The Labute approximate surface area is 108 Å². The van der Waals surface area contributed by atoms with E-state index in [1.165, 1.54) is 8.99 Å². The molecule has 6 nitrogen and oxygen atoms in total. The van der Waals surface area contributed by atoms with E-state index in [1.54, 1.807) is 13.8 Å². The number of hydrogen-bond acceptors (Lipinski definition) is 4. The van der Waals surface area contributed by atoms with E-state index in [4.69, 9.17) is 5.11 Å². The molecular weight excluding hydrogens is 254 g/mol. The maximum absolute atomic E-state index is 12.5. The number of aromatic nitrogens is 2. The van der Waals surface area contributed by atoms with Crippen LogP contribution in [0.4, 0.5) is 0 Å². The fraction of sp³-hybridized carbons (Fsp3) is 0.727. The Morgan fingerprint density at radius 2 is 1.83 bits per heavy atom. The summed E-state index contributed by atoms with van der Waals surface area (Å²) >= 11 is 0. The molecule has 0 bridgehead atoms. The van der Waals surface area contributed by atoms with Gasteiger partial charge in [-0.1, -0.05) is 13.8 Å². The molecule has 18 heavy (non-hydrogen) atoms. The lowest BCUT2D eigenvalue weighted by molar-refractivity contribution is 0.267. The predicted molar refractivity (Wildman–Crippen MR) is 68.9 cm³/mol.